The van der Waals surface area contributed by atoms with Crippen molar-refractivity contribution < 1.29 is 0 Å². The minimum atomic E-state index is 0.369. The lowest BCUT2D eigenvalue weighted by atomic mass is 10.1. The van der Waals surface area contributed by atoms with Crippen molar-refractivity contribution >= 4 is 57.4 Å². The highest BCUT2D eigenvalue weighted by atomic mass is 127. The van der Waals surface area contributed by atoms with Gasteiger partial charge in [-0.15, -0.1) is 0 Å². The lowest BCUT2D eigenvalue weighted by Crippen LogP contribution is -2.22. The van der Waals surface area contributed by atoms with Crippen LogP contribution in [0.4, 0.5) is 5.82 Å². The molecule has 0 amide bonds. The predicted molar refractivity (Wildman–Crippen MR) is 92.8 cm³/mol. The Balaban J connectivity index is 2.11. The molecule has 1 aromatic rings. The second-order valence-electron chi connectivity index (χ2n) is 4.71. The lowest BCUT2D eigenvalue weighted by Gasteiger charge is -2.16. The number of nitrogens with one attached hydrogen (secondary N) is 1. The highest BCUT2D eigenvalue weighted by Crippen LogP contribution is 2.30. The molecule has 2 rings (SSSR count). The molecule has 19 heavy (non-hydrogen) atoms. The Morgan fingerprint density at radius 3 is 2.79 bits per heavy atom. The SMILES string of the molecule is CSc1nc(C)c(I)c(NC2CCC(C(N)=S)C2)n1. The van der Waals surface area contributed by atoms with Crippen LogP contribution in [-0.2, 0) is 0 Å². The highest BCUT2D eigenvalue weighted by molar-refractivity contribution is 14.1. The van der Waals surface area contributed by atoms with Crippen molar-refractivity contribution in [1.29, 1.82) is 0 Å². The average Bonchev–Trinajstić information content (AvgIpc) is 2.83. The van der Waals surface area contributed by atoms with Gasteiger partial charge in [-0.25, -0.2) is 9.97 Å². The summed E-state index contributed by atoms with van der Waals surface area (Å²) in [5.41, 5.74) is 6.75. The van der Waals surface area contributed by atoms with Crippen LogP contribution in [-0.4, -0.2) is 27.3 Å². The first kappa shape index (κ1) is 15.2. The molecule has 0 spiro atoms. The molecule has 3 N–H and O–H groups in total. The number of aryl methyl sites for hydroxylation is 1. The fourth-order valence-corrected chi connectivity index (χ4v) is 3.31. The standard InChI is InChI=1S/C12H17IN4S2/c1-6-9(13)11(17-12(15-6)19-2)16-8-4-3-7(5-8)10(14)18/h7-8H,3-5H2,1-2H3,(H2,14,18)(H,15,16,17). The van der Waals surface area contributed by atoms with E-state index in [1.165, 1.54) is 0 Å². The fraction of sp³-hybridized carbons (Fsp3) is 0.583. The van der Waals surface area contributed by atoms with E-state index in [-0.39, 0.29) is 0 Å². The Labute approximate surface area is 136 Å². The number of hydrogen-bond donors (Lipinski definition) is 2. The molecule has 0 saturated heterocycles. The maximum absolute atomic E-state index is 5.73. The summed E-state index contributed by atoms with van der Waals surface area (Å²) in [4.78, 5) is 9.63. The van der Waals surface area contributed by atoms with Crippen molar-refractivity contribution in [2.45, 2.75) is 37.4 Å². The van der Waals surface area contributed by atoms with Gasteiger partial charge in [-0.1, -0.05) is 24.0 Å². The Hall–Kier alpha value is -0.150. The van der Waals surface area contributed by atoms with Crippen LogP contribution in [0, 0.1) is 16.4 Å². The summed E-state index contributed by atoms with van der Waals surface area (Å²) < 4.78 is 1.09. The van der Waals surface area contributed by atoms with Gasteiger partial charge in [0.25, 0.3) is 0 Å². The number of nitrogens with two attached hydrogens (primary N) is 1. The van der Waals surface area contributed by atoms with Gasteiger partial charge in [-0.3, -0.25) is 0 Å². The number of anilines is 1. The molecule has 2 unspecified atom stereocenters. The molecule has 0 bridgehead atoms. The Bertz CT molecular complexity index is 495. The van der Waals surface area contributed by atoms with Gasteiger partial charge in [0.2, 0.25) is 0 Å². The summed E-state index contributed by atoms with van der Waals surface area (Å²) >= 11 is 8.94. The first-order chi connectivity index (χ1) is 9.01. The van der Waals surface area contributed by atoms with Gasteiger partial charge in [0, 0.05) is 12.0 Å². The zero-order valence-electron chi connectivity index (χ0n) is 10.9. The van der Waals surface area contributed by atoms with Crippen LogP contribution in [0.15, 0.2) is 5.16 Å². The second-order valence-corrected chi connectivity index (χ2v) is 7.04. The zero-order chi connectivity index (χ0) is 14.0. The van der Waals surface area contributed by atoms with Crippen molar-refractivity contribution in [1.82, 2.24) is 9.97 Å². The third-order valence-electron chi connectivity index (χ3n) is 3.35. The molecule has 0 aliphatic heterocycles. The molecule has 7 heteroatoms. The van der Waals surface area contributed by atoms with Gasteiger partial charge in [0.1, 0.15) is 5.82 Å². The van der Waals surface area contributed by atoms with E-state index in [0.717, 1.165) is 39.5 Å². The van der Waals surface area contributed by atoms with Crippen LogP contribution < -0.4 is 11.1 Å². The molecule has 1 aromatic heterocycles. The van der Waals surface area contributed by atoms with Gasteiger partial charge in [0.05, 0.1) is 14.3 Å². The average molecular weight is 408 g/mol. The number of halogens is 1. The molecule has 1 heterocycles. The third kappa shape index (κ3) is 3.69. The van der Waals surface area contributed by atoms with Gasteiger partial charge < -0.3 is 11.1 Å². The van der Waals surface area contributed by atoms with Crippen molar-refractivity contribution in [3.63, 3.8) is 0 Å². The Morgan fingerprint density at radius 2 is 2.21 bits per heavy atom. The molecular formula is C12H17IN4S2. The first-order valence-electron chi connectivity index (χ1n) is 6.15. The van der Waals surface area contributed by atoms with Crippen molar-refractivity contribution in [3.8, 4) is 0 Å². The zero-order valence-corrected chi connectivity index (χ0v) is 14.7. The van der Waals surface area contributed by atoms with E-state index >= 15 is 0 Å². The smallest absolute Gasteiger partial charge is 0.189 e. The van der Waals surface area contributed by atoms with E-state index in [1.807, 2.05) is 13.2 Å². The van der Waals surface area contributed by atoms with Crippen LogP contribution in [0.25, 0.3) is 0 Å². The molecule has 104 valence electrons. The summed E-state index contributed by atoms with van der Waals surface area (Å²) in [7, 11) is 0. The largest absolute Gasteiger partial charge is 0.393 e. The Kier molecular flexibility index (Phi) is 5.24. The molecule has 0 aromatic carbocycles. The van der Waals surface area contributed by atoms with E-state index in [4.69, 9.17) is 18.0 Å². The highest BCUT2D eigenvalue weighted by Gasteiger charge is 2.27. The van der Waals surface area contributed by atoms with Crippen molar-refractivity contribution in [2.24, 2.45) is 11.7 Å². The number of thiocarbonyl (C=S) groups is 1. The molecule has 1 saturated carbocycles. The fourth-order valence-electron chi connectivity index (χ4n) is 2.28. The molecule has 1 aliphatic carbocycles. The van der Waals surface area contributed by atoms with Gasteiger partial charge >= 0.3 is 0 Å². The lowest BCUT2D eigenvalue weighted by molar-refractivity contribution is 0.704. The van der Waals surface area contributed by atoms with E-state index in [1.54, 1.807) is 11.8 Å². The minimum absolute atomic E-state index is 0.369. The number of nitrogens with zero attached hydrogens (tertiary/aromatic N) is 2. The monoisotopic (exact) mass is 408 g/mol. The number of aromatic nitrogens is 2. The molecule has 4 nitrogen and oxygen atoms in total. The maximum Gasteiger partial charge on any atom is 0.189 e. The summed E-state index contributed by atoms with van der Waals surface area (Å²) in [5, 5.41) is 4.33. The quantitative estimate of drug-likeness (QED) is 0.346. The van der Waals surface area contributed by atoms with Crippen molar-refractivity contribution in [2.75, 3.05) is 11.6 Å². The summed E-state index contributed by atoms with van der Waals surface area (Å²) in [6.07, 6.45) is 5.16. The third-order valence-corrected chi connectivity index (χ3v) is 5.53. The van der Waals surface area contributed by atoms with Crippen molar-refractivity contribution in [3.05, 3.63) is 9.26 Å². The van der Waals surface area contributed by atoms with E-state index in [2.05, 4.69) is 37.9 Å². The maximum atomic E-state index is 5.73. The van der Waals surface area contributed by atoms with Gasteiger partial charge in [0.15, 0.2) is 5.16 Å². The molecular weight excluding hydrogens is 391 g/mol. The molecule has 2 atom stereocenters. The van der Waals surface area contributed by atoms with Gasteiger partial charge in [-0.05, 0) is 55.0 Å². The topological polar surface area (TPSA) is 63.8 Å². The predicted octanol–water partition coefficient (Wildman–Crippen LogP) is 2.98. The van der Waals surface area contributed by atoms with Crippen LogP contribution >= 0.6 is 46.6 Å². The Morgan fingerprint density at radius 1 is 1.47 bits per heavy atom. The summed E-state index contributed by atoms with van der Waals surface area (Å²) in [6, 6.07) is 0.407. The number of hydrogen-bond acceptors (Lipinski definition) is 5. The number of thioether (sulfide) groups is 1. The van der Waals surface area contributed by atoms with Crippen LogP contribution in [0.1, 0.15) is 25.0 Å². The molecule has 1 aliphatic rings. The minimum Gasteiger partial charge on any atom is -0.393 e. The summed E-state index contributed by atoms with van der Waals surface area (Å²) in [6.45, 7) is 2.01. The van der Waals surface area contributed by atoms with Gasteiger partial charge in [-0.2, -0.15) is 0 Å². The van der Waals surface area contributed by atoms with Crippen LogP contribution in [0.2, 0.25) is 0 Å². The van der Waals surface area contributed by atoms with Crippen LogP contribution in [0.3, 0.4) is 0 Å². The number of rotatable bonds is 4. The summed E-state index contributed by atoms with van der Waals surface area (Å²) in [5.74, 6) is 1.30. The molecule has 1 fully saturated rings. The van der Waals surface area contributed by atoms with Crippen LogP contribution in [0.5, 0.6) is 0 Å². The molecule has 0 radical (unpaired) electrons. The normalized spacial score (nSPS) is 22.5. The van der Waals surface area contributed by atoms with E-state index < -0.39 is 0 Å². The van der Waals surface area contributed by atoms with E-state index in [9.17, 15) is 0 Å². The van der Waals surface area contributed by atoms with E-state index in [0.29, 0.717) is 16.9 Å². The first-order valence-corrected chi connectivity index (χ1v) is 8.86. The second kappa shape index (κ2) is 6.53.